The summed E-state index contributed by atoms with van der Waals surface area (Å²) in [5.74, 6) is -0.234. The molecule has 0 radical (unpaired) electrons. The number of carboxylic acid groups (broad SMARTS) is 1. The highest BCUT2D eigenvalue weighted by molar-refractivity contribution is 5.96. The zero-order chi connectivity index (χ0) is 17.1. The Bertz CT molecular complexity index is 710. The van der Waals surface area contributed by atoms with Crippen LogP contribution >= 0.6 is 0 Å². The van der Waals surface area contributed by atoms with Crippen molar-refractivity contribution in [2.24, 2.45) is 0 Å². The van der Waals surface area contributed by atoms with Crippen LogP contribution in [-0.4, -0.2) is 27.9 Å². The minimum absolute atomic E-state index is 0.0604. The predicted octanol–water partition coefficient (Wildman–Crippen LogP) is 3.72. The Kier molecular flexibility index (Phi) is 4.74. The van der Waals surface area contributed by atoms with Crippen molar-refractivity contribution < 1.29 is 23.5 Å². The first-order valence-electron chi connectivity index (χ1n) is 8.29. The lowest BCUT2D eigenvalue weighted by atomic mass is 10.1. The molecular weight excluding hydrogens is 310 g/mol. The summed E-state index contributed by atoms with van der Waals surface area (Å²) in [6.07, 6.45) is 6.07. The summed E-state index contributed by atoms with van der Waals surface area (Å²) in [6.45, 7) is 2.16. The van der Waals surface area contributed by atoms with Gasteiger partial charge in [-0.1, -0.05) is 19.8 Å². The van der Waals surface area contributed by atoms with E-state index in [1.165, 1.54) is 6.07 Å². The van der Waals surface area contributed by atoms with Crippen molar-refractivity contribution in [1.82, 2.24) is 4.90 Å². The van der Waals surface area contributed by atoms with Gasteiger partial charge in [0.25, 0.3) is 5.91 Å². The first-order valence-corrected chi connectivity index (χ1v) is 8.29. The fraction of sp³-hybridized carbons (Fsp3) is 0.444. The molecule has 1 aliphatic carbocycles. The topological polar surface area (TPSA) is 83.9 Å². The standard InChI is InChI=1S/C18H21NO5/c1-2-15-14(18(21)22)10-16(24-15)17(20)19(12-6-3-4-7-12)11-13-8-5-9-23-13/h5,8-10,12H,2-4,6-7,11H2,1H3,(H,21,22). The summed E-state index contributed by atoms with van der Waals surface area (Å²) in [7, 11) is 0. The van der Waals surface area contributed by atoms with Crippen LogP contribution in [0.4, 0.5) is 0 Å². The lowest BCUT2D eigenvalue weighted by molar-refractivity contribution is 0.0613. The zero-order valence-electron chi connectivity index (χ0n) is 13.7. The number of rotatable bonds is 6. The number of furan rings is 2. The van der Waals surface area contributed by atoms with Gasteiger partial charge in [-0.2, -0.15) is 0 Å². The number of amides is 1. The Hall–Kier alpha value is -2.50. The van der Waals surface area contributed by atoms with Crippen molar-refractivity contribution in [2.45, 2.75) is 51.6 Å². The SMILES string of the molecule is CCc1oc(C(=O)N(Cc2ccco2)C2CCCC2)cc1C(=O)O. The molecule has 0 aromatic carbocycles. The molecule has 6 nitrogen and oxygen atoms in total. The number of carbonyl (C=O) groups is 2. The first-order chi connectivity index (χ1) is 11.6. The van der Waals surface area contributed by atoms with E-state index in [-0.39, 0.29) is 23.3 Å². The summed E-state index contributed by atoms with van der Waals surface area (Å²) < 4.78 is 10.9. The van der Waals surface area contributed by atoms with Crippen LogP contribution in [0.1, 0.15) is 65.0 Å². The summed E-state index contributed by atoms with van der Waals surface area (Å²) >= 11 is 0. The van der Waals surface area contributed by atoms with E-state index >= 15 is 0 Å². The molecule has 2 aromatic heterocycles. The smallest absolute Gasteiger partial charge is 0.339 e. The Balaban J connectivity index is 1.89. The molecule has 6 heteroatoms. The molecule has 128 valence electrons. The Labute approximate surface area is 140 Å². The second-order valence-corrected chi connectivity index (χ2v) is 6.06. The van der Waals surface area contributed by atoms with Crippen LogP contribution in [0.3, 0.4) is 0 Å². The summed E-state index contributed by atoms with van der Waals surface area (Å²) in [5, 5.41) is 9.25. The van der Waals surface area contributed by atoms with Gasteiger partial charge in [-0.3, -0.25) is 4.79 Å². The van der Waals surface area contributed by atoms with E-state index in [0.717, 1.165) is 25.7 Å². The van der Waals surface area contributed by atoms with E-state index in [0.29, 0.717) is 24.5 Å². The third kappa shape index (κ3) is 3.22. The second kappa shape index (κ2) is 6.95. The molecule has 0 spiro atoms. The molecular formula is C18H21NO5. The first kappa shape index (κ1) is 16.4. The minimum Gasteiger partial charge on any atom is -0.478 e. The van der Waals surface area contributed by atoms with Crippen molar-refractivity contribution in [2.75, 3.05) is 0 Å². The van der Waals surface area contributed by atoms with Gasteiger partial charge in [0.15, 0.2) is 5.76 Å². The highest BCUT2D eigenvalue weighted by Crippen LogP contribution is 2.28. The van der Waals surface area contributed by atoms with E-state index in [2.05, 4.69) is 0 Å². The Morgan fingerprint density at radius 2 is 2.08 bits per heavy atom. The highest BCUT2D eigenvalue weighted by Gasteiger charge is 2.31. The predicted molar refractivity (Wildman–Crippen MR) is 85.9 cm³/mol. The maximum Gasteiger partial charge on any atom is 0.339 e. The molecule has 2 heterocycles. The number of carbonyl (C=O) groups excluding carboxylic acids is 1. The largest absolute Gasteiger partial charge is 0.478 e. The number of hydrogen-bond donors (Lipinski definition) is 1. The molecule has 0 bridgehead atoms. The molecule has 1 N–H and O–H groups in total. The number of aromatic carboxylic acids is 1. The molecule has 2 aromatic rings. The molecule has 1 fully saturated rings. The van der Waals surface area contributed by atoms with Crippen LogP contribution in [0, 0.1) is 0 Å². The molecule has 1 amide bonds. The zero-order valence-corrected chi connectivity index (χ0v) is 13.7. The van der Waals surface area contributed by atoms with Crippen LogP contribution < -0.4 is 0 Å². The van der Waals surface area contributed by atoms with Gasteiger partial charge in [-0.05, 0) is 25.0 Å². The van der Waals surface area contributed by atoms with Crippen molar-refractivity contribution >= 4 is 11.9 Å². The molecule has 24 heavy (non-hydrogen) atoms. The molecule has 1 saturated carbocycles. The molecule has 3 rings (SSSR count). The van der Waals surface area contributed by atoms with Crippen LogP contribution in [-0.2, 0) is 13.0 Å². The van der Waals surface area contributed by atoms with Gasteiger partial charge < -0.3 is 18.8 Å². The van der Waals surface area contributed by atoms with Gasteiger partial charge in [0.2, 0.25) is 0 Å². The number of nitrogens with zero attached hydrogens (tertiary/aromatic N) is 1. The Morgan fingerprint density at radius 1 is 1.33 bits per heavy atom. The van der Waals surface area contributed by atoms with Gasteiger partial charge in [0.05, 0.1) is 12.8 Å². The van der Waals surface area contributed by atoms with Gasteiger partial charge in [-0.25, -0.2) is 4.79 Å². The number of carboxylic acids is 1. The average molecular weight is 331 g/mol. The van der Waals surface area contributed by atoms with Crippen LogP contribution in [0.15, 0.2) is 33.3 Å². The van der Waals surface area contributed by atoms with Gasteiger partial charge in [-0.15, -0.1) is 0 Å². The Morgan fingerprint density at radius 3 is 2.62 bits per heavy atom. The molecule has 0 atom stereocenters. The van der Waals surface area contributed by atoms with Gasteiger partial charge in [0, 0.05) is 18.5 Å². The second-order valence-electron chi connectivity index (χ2n) is 6.06. The quantitative estimate of drug-likeness (QED) is 0.872. The van der Waals surface area contributed by atoms with Crippen molar-refractivity contribution in [1.29, 1.82) is 0 Å². The molecule has 1 aliphatic rings. The lowest BCUT2D eigenvalue weighted by Gasteiger charge is -2.27. The monoisotopic (exact) mass is 331 g/mol. The van der Waals surface area contributed by atoms with Crippen molar-refractivity contribution in [3.8, 4) is 0 Å². The summed E-state index contributed by atoms with van der Waals surface area (Å²) in [5.41, 5.74) is 0.0604. The molecule has 0 aliphatic heterocycles. The van der Waals surface area contributed by atoms with Gasteiger partial charge in [0.1, 0.15) is 17.1 Å². The molecule has 0 unspecified atom stereocenters. The van der Waals surface area contributed by atoms with Crippen molar-refractivity contribution in [3.63, 3.8) is 0 Å². The number of hydrogen-bond acceptors (Lipinski definition) is 4. The van der Waals surface area contributed by atoms with Crippen LogP contribution in [0.25, 0.3) is 0 Å². The van der Waals surface area contributed by atoms with E-state index in [4.69, 9.17) is 8.83 Å². The minimum atomic E-state index is -1.08. The average Bonchev–Trinajstić information content (AvgIpc) is 3.32. The number of aryl methyl sites for hydroxylation is 1. The maximum atomic E-state index is 13.0. The van der Waals surface area contributed by atoms with Crippen LogP contribution in [0.2, 0.25) is 0 Å². The lowest BCUT2D eigenvalue weighted by Crippen LogP contribution is -2.38. The van der Waals surface area contributed by atoms with E-state index < -0.39 is 5.97 Å². The summed E-state index contributed by atoms with van der Waals surface area (Å²) in [6, 6.07) is 5.09. The summed E-state index contributed by atoms with van der Waals surface area (Å²) in [4.78, 5) is 26.0. The van der Waals surface area contributed by atoms with E-state index in [1.807, 2.05) is 6.07 Å². The fourth-order valence-corrected chi connectivity index (χ4v) is 3.27. The van der Waals surface area contributed by atoms with Gasteiger partial charge >= 0.3 is 5.97 Å². The molecule has 0 saturated heterocycles. The van der Waals surface area contributed by atoms with Crippen LogP contribution in [0.5, 0.6) is 0 Å². The third-order valence-electron chi connectivity index (χ3n) is 4.50. The fourth-order valence-electron chi connectivity index (χ4n) is 3.27. The van der Waals surface area contributed by atoms with Crippen molar-refractivity contribution in [3.05, 3.63) is 47.3 Å². The van der Waals surface area contributed by atoms with E-state index in [9.17, 15) is 14.7 Å². The maximum absolute atomic E-state index is 13.0. The normalized spacial score (nSPS) is 14.9. The third-order valence-corrected chi connectivity index (χ3v) is 4.50. The van der Waals surface area contributed by atoms with E-state index in [1.54, 1.807) is 24.2 Å². The highest BCUT2D eigenvalue weighted by atomic mass is 16.4.